The summed E-state index contributed by atoms with van der Waals surface area (Å²) >= 11 is 0. The number of carbonyl (C=O) groups is 1. The minimum atomic E-state index is 0.268. The number of ketones is 1. The summed E-state index contributed by atoms with van der Waals surface area (Å²) in [6.45, 7) is 5.66. The van der Waals surface area contributed by atoms with Crippen LogP contribution in [-0.2, 0) is 4.79 Å². The van der Waals surface area contributed by atoms with Crippen molar-refractivity contribution in [2.75, 3.05) is 0 Å². The number of allylic oxidation sites excluding steroid dienone is 3. The smallest absolute Gasteiger partial charge is 0.156 e. The number of carbonyl (C=O) groups excluding carboxylic acids is 1. The minimum Gasteiger partial charge on any atom is -0.295 e. The second-order valence-corrected chi connectivity index (χ2v) is 2.78. The molecule has 1 aliphatic rings. The lowest BCUT2D eigenvalue weighted by Gasteiger charge is -2.05. The third-order valence-corrected chi connectivity index (χ3v) is 1.93. The fraction of sp³-hybridized carbons (Fsp3) is 0.444. The lowest BCUT2D eigenvalue weighted by molar-refractivity contribution is -0.114. The van der Waals surface area contributed by atoms with E-state index in [4.69, 9.17) is 0 Å². The summed E-state index contributed by atoms with van der Waals surface area (Å²) in [4.78, 5) is 10.8. The van der Waals surface area contributed by atoms with E-state index in [0.717, 1.165) is 6.42 Å². The fourth-order valence-electron chi connectivity index (χ4n) is 1.30. The normalized spacial score (nSPS) is 24.7. The number of hydrogen-bond donors (Lipinski definition) is 0. The van der Waals surface area contributed by atoms with Crippen LogP contribution in [-0.4, -0.2) is 5.78 Å². The van der Waals surface area contributed by atoms with Crippen molar-refractivity contribution >= 4 is 5.78 Å². The zero-order valence-corrected chi connectivity index (χ0v) is 6.26. The van der Waals surface area contributed by atoms with Crippen molar-refractivity contribution in [2.24, 2.45) is 5.92 Å². The summed E-state index contributed by atoms with van der Waals surface area (Å²) in [6.07, 6.45) is 5.25. The van der Waals surface area contributed by atoms with Crippen molar-refractivity contribution < 1.29 is 4.79 Å². The van der Waals surface area contributed by atoms with E-state index in [0.29, 0.717) is 12.3 Å². The van der Waals surface area contributed by atoms with Gasteiger partial charge >= 0.3 is 0 Å². The van der Waals surface area contributed by atoms with Gasteiger partial charge in [-0.05, 0) is 25.3 Å². The zero-order valence-electron chi connectivity index (χ0n) is 6.26. The summed E-state index contributed by atoms with van der Waals surface area (Å²) in [5.74, 6) is 0.717. The van der Waals surface area contributed by atoms with Gasteiger partial charge in [-0.25, -0.2) is 0 Å². The van der Waals surface area contributed by atoms with Crippen LogP contribution in [0.5, 0.6) is 0 Å². The Hall–Kier alpha value is -0.850. The molecule has 0 saturated heterocycles. The molecule has 1 aliphatic carbocycles. The molecule has 1 atom stereocenters. The first-order valence-corrected chi connectivity index (χ1v) is 3.56. The fourth-order valence-corrected chi connectivity index (χ4v) is 1.30. The maximum atomic E-state index is 10.8. The summed E-state index contributed by atoms with van der Waals surface area (Å²) in [7, 11) is 0. The Morgan fingerprint density at radius 2 is 2.60 bits per heavy atom. The molecule has 0 saturated carbocycles. The quantitative estimate of drug-likeness (QED) is 0.531. The van der Waals surface area contributed by atoms with E-state index in [1.807, 2.05) is 13.0 Å². The molecule has 1 heteroatoms. The lowest BCUT2D eigenvalue weighted by atomic mass is 9.99. The molecule has 0 amide bonds. The predicted molar refractivity (Wildman–Crippen MR) is 41.7 cm³/mol. The average Bonchev–Trinajstić information content (AvgIpc) is 2.13. The third-order valence-electron chi connectivity index (χ3n) is 1.93. The first-order valence-electron chi connectivity index (χ1n) is 3.56. The Balaban J connectivity index is 2.59. The Kier molecular flexibility index (Phi) is 2.05. The van der Waals surface area contributed by atoms with E-state index in [1.165, 1.54) is 5.57 Å². The molecule has 10 heavy (non-hydrogen) atoms. The van der Waals surface area contributed by atoms with Gasteiger partial charge in [0.25, 0.3) is 0 Å². The van der Waals surface area contributed by atoms with Crippen LogP contribution in [0.3, 0.4) is 0 Å². The molecule has 0 spiro atoms. The molecule has 1 unspecified atom stereocenters. The van der Waals surface area contributed by atoms with Crippen molar-refractivity contribution in [3.05, 3.63) is 24.3 Å². The molecule has 54 valence electrons. The zero-order chi connectivity index (χ0) is 7.56. The highest BCUT2D eigenvalue weighted by Gasteiger charge is 2.19. The lowest BCUT2D eigenvalue weighted by Crippen LogP contribution is -1.96. The van der Waals surface area contributed by atoms with Gasteiger partial charge in [-0.15, -0.1) is 6.58 Å². The monoisotopic (exact) mass is 136 g/mol. The highest BCUT2D eigenvalue weighted by molar-refractivity contribution is 5.93. The van der Waals surface area contributed by atoms with Crippen LogP contribution in [0.15, 0.2) is 24.3 Å². The van der Waals surface area contributed by atoms with Gasteiger partial charge in [-0.3, -0.25) is 4.79 Å². The standard InChI is InChI=1S/C9H12O/c1-3-4-8-6-9(10)5-7(8)2/h3,5,8H,1,4,6H2,2H3. The highest BCUT2D eigenvalue weighted by atomic mass is 16.1. The number of rotatable bonds is 2. The molecule has 0 N–H and O–H groups in total. The maximum Gasteiger partial charge on any atom is 0.156 e. The molecule has 0 heterocycles. The van der Waals surface area contributed by atoms with Gasteiger partial charge in [-0.2, -0.15) is 0 Å². The summed E-state index contributed by atoms with van der Waals surface area (Å²) in [5.41, 5.74) is 1.21. The van der Waals surface area contributed by atoms with Crippen molar-refractivity contribution in [3.63, 3.8) is 0 Å². The van der Waals surface area contributed by atoms with E-state index in [1.54, 1.807) is 6.08 Å². The van der Waals surface area contributed by atoms with Crippen LogP contribution in [0.25, 0.3) is 0 Å². The molecule has 1 nitrogen and oxygen atoms in total. The maximum absolute atomic E-state index is 10.8. The molecule has 0 aromatic rings. The molecule has 0 radical (unpaired) electrons. The predicted octanol–water partition coefficient (Wildman–Crippen LogP) is 2.10. The molecular weight excluding hydrogens is 124 g/mol. The Bertz CT molecular complexity index is 189. The molecule has 0 aromatic heterocycles. The highest BCUT2D eigenvalue weighted by Crippen LogP contribution is 2.25. The van der Waals surface area contributed by atoms with Gasteiger partial charge in [0, 0.05) is 6.42 Å². The van der Waals surface area contributed by atoms with Crippen LogP contribution in [0.4, 0.5) is 0 Å². The van der Waals surface area contributed by atoms with E-state index < -0.39 is 0 Å². The third kappa shape index (κ3) is 1.35. The van der Waals surface area contributed by atoms with Gasteiger partial charge < -0.3 is 0 Å². The largest absolute Gasteiger partial charge is 0.295 e. The van der Waals surface area contributed by atoms with Gasteiger partial charge in [-0.1, -0.05) is 11.6 Å². The molecule has 1 rings (SSSR count). The second kappa shape index (κ2) is 2.82. The van der Waals surface area contributed by atoms with E-state index in [2.05, 4.69) is 6.58 Å². The van der Waals surface area contributed by atoms with Crippen molar-refractivity contribution in [2.45, 2.75) is 19.8 Å². The second-order valence-electron chi connectivity index (χ2n) is 2.78. The Labute approximate surface area is 61.4 Å². The van der Waals surface area contributed by atoms with Crippen molar-refractivity contribution in [1.29, 1.82) is 0 Å². The van der Waals surface area contributed by atoms with Crippen LogP contribution >= 0.6 is 0 Å². The molecule has 0 aliphatic heterocycles. The van der Waals surface area contributed by atoms with Crippen LogP contribution < -0.4 is 0 Å². The van der Waals surface area contributed by atoms with E-state index in [9.17, 15) is 4.79 Å². The molecular formula is C9H12O. The SMILES string of the molecule is C=CCC1CC(=O)C=C1C. The van der Waals surface area contributed by atoms with Gasteiger partial charge in [0.1, 0.15) is 0 Å². The minimum absolute atomic E-state index is 0.268. The summed E-state index contributed by atoms with van der Waals surface area (Å²) in [5, 5.41) is 0. The average molecular weight is 136 g/mol. The van der Waals surface area contributed by atoms with Crippen molar-refractivity contribution in [1.82, 2.24) is 0 Å². The number of hydrogen-bond acceptors (Lipinski definition) is 1. The van der Waals surface area contributed by atoms with E-state index >= 15 is 0 Å². The Morgan fingerprint density at radius 3 is 3.00 bits per heavy atom. The summed E-state index contributed by atoms with van der Waals surface area (Å²) < 4.78 is 0. The van der Waals surface area contributed by atoms with Gasteiger partial charge in [0.2, 0.25) is 0 Å². The van der Waals surface area contributed by atoms with Crippen LogP contribution in [0.1, 0.15) is 19.8 Å². The van der Waals surface area contributed by atoms with Crippen LogP contribution in [0.2, 0.25) is 0 Å². The van der Waals surface area contributed by atoms with Crippen LogP contribution in [0, 0.1) is 5.92 Å². The van der Waals surface area contributed by atoms with Gasteiger partial charge in [0.15, 0.2) is 5.78 Å². The van der Waals surface area contributed by atoms with Gasteiger partial charge in [0.05, 0.1) is 0 Å². The molecule has 0 aromatic carbocycles. The molecule has 0 bridgehead atoms. The van der Waals surface area contributed by atoms with E-state index in [-0.39, 0.29) is 5.78 Å². The molecule has 0 fully saturated rings. The summed E-state index contributed by atoms with van der Waals surface area (Å²) in [6, 6.07) is 0. The van der Waals surface area contributed by atoms with Crippen molar-refractivity contribution in [3.8, 4) is 0 Å². The first-order chi connectivity index (χ1) is 4.74. The Morgan fingerprint density at radius 1 is 1.90 bits per heavy atom. The first kappa shape index (κ1) is 7.26. The topological polar surface area (TPSA) is 17.1 Å².